The van der Waals surface area contributed by atoms with Gasteiger partial charge in [-0.05, 0) is 37.8 Å². The molecule has 8 heteroatoms. The van der Waals surface area contributed by atoms with Crippen LogP contribution in [0, 0.1) is 0 Å². The standard InChI is InChI=1S/C19H27N5O2S/c1-19(2,3)17-21-22-18(24(17)20)27-13-16(25)23(12-15-10-7-11-26-15)14-8-5-4-6-9-14/h7-8,10-11H,4-6,9,12-13,20H2,1-3H3. The van der Waals surface area contributed by atoms with Crippen LogP contribution in [0.15, 0.2) is 39.7 Å². The average molecular weight is 390 g/mol. The van der Waals surface area contributed by atoms with Crippen LogP contribution in [0.4, 0.5) is 0 Å². The number of aromatic nitrogens is 3. The third kappa shape index (κ3) is 4.74. The molecule has 2 N–H and O–H groups in total. The first-order valence-electron chi connectivity index (χ1n) is 9.22. The molecule has 27 heavy (non-hydrogen) atoms. The molecule has 2 aromatic heterocycles. The number of hydrogen-bond donors (Lipinski definition) is 1. The minimum atomic E-state index is -0.206. The van der Waals surface area contributed by atoms with Crippen LogP contribution in [0.3, 0.4) is 0 Å². The molecule has 146 valence electrons. The van der Waals surface area contributed by atoms with Crippen LogP contribution in [0.5, 0.6) is 0 Å². The van der Waals surface area contributed by atoms with Gasteiger partial charge in [0, 0.05) is 11.1 Å². The summed E-state index contributed by atoms with van der Waals surface area (Å²) in [6, 6.07) is 3.73. The molecule has 1 amide bonds. The van der Waals surface area contributed by atoms with Crippen LogP contribution in [0.1, 0.15) is 58.0 Å². The molecule has 0 saturated heterocycles. The summed E-state index contributed by atoms with van der Waals surface area (Å²) in [5, 5.41) is 8.87. The highest BCUT2D eigenvalue weighted by atomic mass is 32.2. The lowest BCUT2D eigenvalue weighted by Crippen LogP contribution is -2.32. The molecule has 0 aliphatic heterocycles. The highest BCUT2D eigenvalue weighted by Gasteiger charge is 2.25. The van der Waals surface area contributed by atoms with E-state index in [4.69, 9.17) is 10.3 Å². The molecule has 1 aliphatic carbocycles. The maximum absolute atomic E-state index is 13.0. The molecule has 0 bridgehead atoms. The fourth-order valence-corrected chi connectivity index (χ4v) is 3.80. The minimum absolute atomic E-state index is 0.0184. The lowest BCUT2D eigenvalue weighted by molar-refractivity contribution is -0.127. The lowest BCUT2D eigenvalue weighted by Gasteiger charge is -2.27. The summed E-state index contributed by atoms with van der Waals surface area (Å²) in [5.74, 6) is 7.86. The van der Waals surface area contributed by atoms with Crippen molar-refractivity contribution in [1.82, 2.24) is 19.8 Å². The van der Waals surface area contributed by atoms with Crippen molar-refractivity contribution >= 4 is 17.7 Å². The zero-order valence-electron chi connectivity index (χ0n) is 16.1. The Balaban J connectivity index is 1.71. The lowest BCUT2D eigenvalue weighted by atomic mass is 9.96. The van der Waals surface area contributed by atoms with E-state index in [1.807, 2.05) is 37.8 Å². The largest absolute Gasteiger partial charge is 0.467 e. The van der Waals surface area contributed by atoms with E-state index in [9.17, 15) is 4.79 Å². The van der Waals surface area contributed by atoms with Crippen LogP contribution in [0.2, 0.25) is 0 Å². The first-order chi connectivity index (χ1) is 12.9. The van der Waals surface area contributed by atoms with Crippen LogP contribution in [-0.2, 0) is 16.8 Å². The highest BCUT2D eigenvalue weighted by molar-refractivity contribution is 7.99. The molecule has 2 heterocycles. The number of carbonyl (C=O) groups is 1. The minimum Gasteiger partial charge on any atom is -0.467 e. The number of allylic oxidation sites excluding steroid dienone is 2. The van der Waals surface area contributed by atoms with Crippen molar-refractivity contribution in [1.29, 1.82) is 0 Å². The Hall–Kier alpha value is -2.22. The van der Waals surface area contributed by atoms with Gasteiger partial charge in [0.15, 0.2) is 5.82 Å². The van der Waals surface area contributed by atoms with Crippen molar-refractivity contribution in [2.45, 2.75) is 63.6 Å². The fraction of sp³-hybridized carbons (Fsp3) is 0.526. The number of nitrogens with zero attached hydrogens (tertiary/aromatic N) is 4. The molecular weight excluding hydrogens is 362 g/mol. The maximum Gasteiger partial charge on any atom is 0.237 e. The van der Waals surface area contributed by atoms with Gasteiger partial charge in [0.2, 0.25) is 11.1 Å². The Labute approximate surface area is 164 Å². The average Bonchev–Trinajstić information content (AvgIpc) is 3.27. The van der Waals surface area contributed by atoms with Gasteiger partial charge >= 0.3 is 0 Å². The number of nitrogens with two attached hydrogens (primary N) is 1. The second kappa shape index (κ2) is 8.21. The molecule has 0 saturated carbocycles. The molecule has 0 spiro atoms. The van der Waals surface area contributed by atoms with Gasteiger partial charge in [0.25, 0.3) is 0 Å². The third-order valence-corrected chi connectivity index (χ3v) is 5.40. The third-order valence-electron chi connectivity index (χ3n) is 4.47. The summed E-state index contributed by atoms with van der Waals surface area (Å²) in [5.41, 5.74) is 0.871. The summed E-state index contributed by atoms with van der Waals surface area (Å²) in [6.45, 7) is 6.53. The van der Waals surface area contributed by atoms with E-state index < -0.39 is 0 Å². The van der Waals surface area contributed by atoms with E-state index in [0.29, 0.717) is 17.5 Å². The number of rotatable bonds is 6. The van der Waals surface area contributed by atoms with Crippen LogP contribution < -0.4 is 5.84 Å². The summed E-state index contributed by atoms with van der Waals surface area (Å²) in [7, 11) is 0. The molecule has 0 fully saturated rings. The van der Waals surface area contributed by atoms with E-state index >= 15 is 0 Å². The van der Waals surface area contributed by atoms with Gasteiger partial charge in [0.05, 0.1) is 18.6 Å². The number of carbonyl (C=O) groups excluding carboxylic acids is 1. The molecular formula is C19H27N5O2S. The SMILES string of the molecule is CC(C)(C)c1nnc(SCC(=O)N(Cc2ccco2)C2=CCCCC2)n1N. The fourth-order valence-electron chi connectivity index (χ4n) is 3.07. The monoisotopic (exact) mass is 389 g/mol. The second-order valence-electron chi connectivity index (χ2n) is 7.72. The van der Waals surface area contributed by atoms with Gasteiger partial charge < -0.3 is 15.2 Å². The molecule has 7 nitrogen and oxygen atoms in total. The first kappa shape index (κ1) is 19.5. The van der Waals surface area contributed by atoms with Crippen molar-refractivity contribution in [2.24, 2.45) is 0 Å². The van der Waals surface area contributed by atoms with Crippen LogP contribution in [-0.4, -0.2) is 31.4 Å². The summed E-state index contributed by atoms with van der Waals surface area (Å²) in [4.78, 5) is 14.8. The van der Waals surface area contributed by atoms with Gasteiger partial charge in [-0.1, -0.05) is 38.6 Å². The molecule has 0 atom stereocenters. The van der Waals surface area contributed by atoms with Crippen molar-refractivity contribution in [3.05, 3.63) is 41.8 Å². The van der Waals surface area contributed by atoms with Crippen LogP contribution in [0.25, 0.3) is 0 Å². The van der Waals surface area contributed by atoms with Crippen molar-refractivity contribution in [3.63, 3.8) is 0 Å². The number of hydrogen-bond acceptors (Lipinski definition) is 6. The maximum atomic E-state index is 13.0. The van der Waals surface area contributed by atoms with Gasteiger partial charge in [-0.3, -0.25) is 4.79 Å². The molecule has 2 aromatic rings. The Morgan fingerprint density at radius 2 is 2.19 bits per heavy atom. The van der Waals surface area contributed by atoms with Gasteiger partial charge in [0.1, 0.15) is 5.76 Å². The highest BCUT2D eigenvalue weighted by Crippen LogP contribution is 2.26. The predicted octanol–water partition coefficient (Wildman–Crippen LogP) is 3.46. The Kier molecular flexibility index (Phi) is 5.94. The van der Waals surface area contributed by atoms with E-state index in [1.54, 1.807) is 6.26 Å². The topological polar surface area (TPSA) is 90.2 Å². The molecule has 0 aromatic carbocycles. The summed E-state index contributed by atoms with van der Waals surface area (Å²) in [6.07, 6.45) is 8.00. The zero-order chi connectivity index (χ0) is 19.4. The van der Waals surface area contributed by atoms with Crippen molar-refractivity contribution < 1.29 is 9.21 Å². The van der Waals surface area contributed by atoms with E-state index in [0.717, 1.165) is 30.7 Å². The van der Waals surface area contributed by atoms with E-state index in [-0.39, 0.29) is 17.1 Å². The molecule has 3 rings (SSSR count). The van der Waals surface area contributed by atoms with Gasteiger partial charge in [-0.15, -0.1) is 10.2 Å². The van der Waals surface area contributed by atoms with Crippen LogP contribution >= 0.6 is 11.8 Å². The molecule has 0 unspecified atom stereocenters. The van der Waals surface area contributed by atoms with Crippen molar-refractivity contribution in [2.75, 3.05) is 11.6 Å². The summed E-state index contributed by atoms with van der Waals surface area (Å²) >= 11 is 1.31. The smallest absolute Gasteiger partial charge is 0.237 e. The van der Waals surface area contributed by atoms with Crippen molar-refractivity contribution in [3.8, 4) is 0 Å². The number of furan rings is 1. The first-order valence-corrected chi connectivity index (χ1v) is 10.2. The molecule has 0 radical (unpaired) electrons. The quantitative estimate of drug-likeness (QED) is 0.601. The van der Waals surface area contributed by atoms with E-state index in [2.05, 4.69) is 16.3 Å². The Morgan fingerprint density at radius 3 is 2.78 bits per heavy atom. The number of thioether (sulfide) groups is 1. The molecule has 1 aliphatic rings. The Bertz CT molecular complexity index is 805. The second-order valence-corrected chi connectivity index (χ2v) is 8.66. The summed E-state index contributed by atoms with van der Waals surface area (Å²) < 4.78 is 6.93. The van der Waals surface area contributed by atoms with E-state index in [1.165, 1.54) is 22.9 Å². The van der Waals surface area contributed by atoms with Gasteiger partial charge in [-0.25, -0.2) is 4.68 Å². The Morgan fingerprint density at radius 1 is 1.37 bits per heavy atom. The normalized spacial score (nSPS) is 14.9. The van der Waals surface area contributed by atoms with Gasteiger partial charge in [-0.2, -0.15) is 0 Å². The predicted molar refractivity (Wildman–Crippen MR) is 105 cm³/mol. The number of amides is 1. The zero-order valence-corrected chi connectivity index (χ0v) is 17.0. The number of nitrogen functional groups attached to an aromatic ring is 1.